The molecule has 0 radical (unpaired) electrons. The van der Waals surface area contributed by atoms with Crippen molar-refractivity contribution in [2.24, 2.45) is 0 Å². The summed E-state index contributed by atoms with van der Waals surface area (Å²) in [4.78, 5) is 4.48. The number of halogens is 1. The standard InChI is InChI=1S/C14H19ClN4/c1-11-9-12-13(16-7-8-19(12)18-11)17-14(10-15)5-3-2-4-6-14/h7-9H,2-6,10H2,1H3,(H,16,17). The van der Waals surface area contributed by atoms with Crippen molar-refractivity contribution in [2.45, 2.75) is 44.6 Å². The van der Waals surface area contributed by atoms with Crippen LogP contribution in [-0.4, -0.2) is 26.0 Å². The summed E-state index contributed by atoms with van der Waals surface area (Å²) in [5, 5.41) is 8.02. The zero-order valence-corrected chi connectivity index (χ0v) is 12.0. The third kappa shape index (κ3) is 2.41. The van der Waals surface area contributed by atoms with Crippen molar-refractivity contribution in [3.8, 4) is 0 Å². The van der Waals surface area contributed by atoms with Crippen LogP contribution in [0.1, 0.15) is 37.8 Å². The average molecular weight is 279 g/mol. The number of hydrogen-bond donors (Lipinski definition) is 1. The molecular weight excluding hydrogens is 260 g/mol. The van der Waals surface area contributed by atoms with Gasteiger partial charge in [0.1, 0.15) is 5.52 Å². The van der Waals surface area contributed by atoms with E-state index in [9.17, 15) is 0 Å². The Labute approximate surface area is 118 Å². The molecule has 1 fully saturated rings. The molecule has 0 amide bonds. The lowest BCUT2D eigenvalue weighted by atomic mass is 9.83. The van der Waals surface area contributed by atoms with Gasteiger partial charge in [-0.15, -0.1) is 11.6 Å². The molecule has 0 saturated heterocycles. The zero-order chi connectivity index (χ0) is 13.3. The number of aromatic nitrogens is 3. The molecule has 1 saturated carbocycles. The Morgan fingerprint density at radius 3 is 2.89 bits per heavy atom. The van der Waals surface area contributed by atoms with E-state index in [-0.39, 0.29) is 5.54 Å². The first-order chi connectivity index (χ1) is 9.22. The molecule has 19 heavy (non-hydrogen) atoms. The summed E-state index contributed by atoms with van der Waals surface area (Å²) in [6, 6.07) is 2.06. The van der Waals surface area contributed by atoms with Crippen molar-refractivity contribution in [1.29, 1.82) is 0 Å². The molecule has 2 heterocycles. The molecule has 1 aliphatic rings. The normalized spacial score (nSPS) is 18.6. The maximum Gasteiger partial charge on any atom is 0.152 e. The molecule has 5 heteroatoms. The van der Waals surface area contributed by atoms with Gasteiger partial charge >= 0.3 is 0 Å². The van der Waals surface area contributed by atoms with Gasteiger partial charge in [-0.1, -0.05) is 19.3 Å². The van der Waals surface area contributed by atoms with E-state index in [0.717, 1.165) is 29.9 Å². The van der Waals surface area contributed by atoms with Crippen molar-refractivity contribution in [2.75, 3.05) is 11.2 Å². The second-order valence-corrected chi connectivity index (χ2v) is 5.76. The summed E-state index contributed by atoms with van der Waals surface area (Å²) < 4.78 is 1.87. The molecule has 2 aromatic rings. The van der Waals surface area contributed by atoms with Crippen LogP contribution in [0.2, 0.25) is 0 Å². The summed E-state index contributed by atoms with van der Waals surface area (Å²) in [6.07, 6.45) is 9.68. The quantitative estimate of drug-likeness (QED) is 0.875. The molecule has 0 bridgehead atoms. The molecule has 2 aromatic heterocycles. The minimum atomic E-state index is -0.00712. The number of nitrogens with zero attached hydrogens (tertiary/aromatic N) is 3. The third-order valence-corrected chi connectivity index (χ3v) is 4.47. The van der Waals surface area contributed by atoms with Crippen molar-refractivity contribution in [1.82, 2.24) is 14.6 Å². The van der Waals surface area contributed by atoms with Crippen LogP contribution in [0.4, 0.5) is 5.82 Å². The monoisotopic (exact) mass is 278 g/mol. The molecule has 4 nitrogen and oxygen atoms in total. The number of aryl methyl sites for hydroxylation is 1. The molecule has 0 spiro atoms. The molecule has 102 valence electrons. The van der Waals surface area contributed by atoms with E-state index in [1.807, 2.05) is 17.6 Å². The lowest BCUT2D eigenvalue weighted by Gasteiger charge is -2.37. The van der Waals surface area contributed by atoms with E-state index in [4.69, 9.17) is 11.6 Å². The van der Waals surface area contributed by atoms with Crippen LogP contribution in [0.5, 0.6) is 0 Å². The van der Waals surface area contributed by atoms with E-state index in [2.05, 4.69) is 21.5 Å². The molecule has 1 aliphatic carbocycles. The van der Waals surface area contributed by atoms with Gasteiger partial charge in [0, 0.05) is 18.3 Å². The van der Waals surface area contributed by atoms with Gasteiger partial charge in [0.05, 0.1) is 11.2 Å². The maximum atomic E-state index is 6.23. The fraction of sp³-hybridized carbons (Fsp3) is 0.571. The van der Waals surface area contributed by atoms with Crippen LogP contribution in [0.3, 0.4) is 0 Å². The predicted molar refractivity (Wildman–Crippen MR) is 77.9 cm³/mol. The van der Waals surface area contributed by atoms with Crippen molar-refractivity contribution >= 4 is 22.9 Å². The van der Waals surface area contributed by atoms with Crippen LogP contribution < -0.4 is 5.32 Å². The number of rotatable bonds is 3. The Morgan fingerprint density at radius 1 is 1.37 bits per heavy atom. The van der Waals surface area contributed by atoms with Crippen LogP contribution in [-0.2, 0) is 0 Å². The lowest BCUT2D eigenvalue weighted by Crippen LogP contribution is -2.42. The fourth-order valence-corrected chi connectivity index (χ4v) is 3.25. The second kappa shape index (κ2) is 5.00. The highest BCUT2D eigenvalue weighted by atomic mass is 35.5. The Hall–Kier alpha value is -1.29. The Bertz CT molecular complexity index is 572. The number of hydrogen-bond acceptors (Lipinski definition) is 3. The molecule has 3 rings (SSSR count). The van der Waals surface area contributed by atoms with Crippen molar-refractivity contribution < 1.29 is 0 Å². The van der Waals surface area contributed by atoms with Gasteiger partial charge < -0.3 is 5.32 Å². The predicted octanol–water partition coefficient (Wildman–Crippen LogP) is 3.39. The summed E-state index contributed by atoms with van der Waals surface area (Å²) in [5.74, 6) is 1.52. The van der Waals surface area contributed by atoms with Gasteiger partial charge in [-0.25, -0.2) is 9.50 Å². The first-order valence-electron chi connectivity index (χ1n) is 6.88. The summed E-state index contributed by atoms with van der Waals surface area (Å²) in [6.45, 7) is 1.99. The highest BCUT2D eigenvalue weighted by Gasteiger charge is 2.31. The lowest BCUT2D eigenvalue weighted by molar-refractivity contribution is 0.352. The molecule has 1 N–H and O–H groups in total. The molecule has 0 aromatic carbocycles. The third-order valence-electron chi connectivity index (χ3n) is 3.96. The largest absolute Gasteiger partial charge is 0.362 e. The number of nitrogens with one attached hydrogen (secondary N) is 1. The fourth-order valence-electron chi connectivity index (χ4n) is 2.91. The van der Waals surface area contributed by atoms with Crippen LogP contribution in [0.25, 0.3) is 5.52 Å². The van der Waals surface area contributed by atoms with Gasteiger partial charge in [-0.05, 0) is 25.8 Å². The first kappa shape index (κ1) is 12.7. The minimum absolute atomic E-state index is 0.00712. The molecule has 0 atom stereocenters. The van der Waals surface area contributed by atoms with Gasteiger partial charge in [0.15, 0.2) is 5.82 Å². The topological polar surface area (TPSA) is 42.2 Å². The Kier molecular flexibility index (Phi) is 3.35. The van der Waals surface area contributed by atoms with Gasteiger partial charge in [0.25, 0.3) is 0 Å². The van der Waals surface area contributed by atoms with Crippen molar-refractivity contribution in [3.05, 3.63) is 24.2 Å². The smallest absolute Gasteiger partial charge is 0.152 e. The number of anilines is 1. The van der Waals surface area contributed by atoms with Crippen LogP contribution >= 0.6 is 11.6 Å². The molecular formula is C14H19ClN4. The first-order valence-corrected chi connectivity index (χ1v) is 7.41. The highest BCUT2D eigenvalue weighted by Crippen LogP contribution is 2.33. The Morgan fingerprint density at radius 2 is 2.16 bits per heavy atom. The van der Waals surface area contributed by atoms with E-state index >= 15 is 0 Å². The van der Waals surface area contributed by atoms with E-state index in [0.29, 0.717) is 5.88 Å². The van der Waals surface area contributed by atoms with E-state index in [1.165, 1.54) is 19.3 Å². The molecule has 0 unspecified atom stereocenters. The molecule has 0 aliphatic heterocycles. The second-order valence-electron chi connectivity index (χ2n) is 5.49. The van der Waals surface area contributed by atoms with Crippen LogP contribution in [0.15, 0.2) is 18.5 Å². The van der Waals surface area contributed by atoms with E-state index in [1.54, 1.807) is 6.20 Å². The van der Waals surface area contributed by atoms with Crippen molar-refractivity contribution in [3.63, 3.8) is 0 Å². The minimum Gasteiger partial charge on any atom is -0.362 e. The highest BCUT2D eigenvalue weighted by molar-refractivity contribution is 6.18. The van der Waals surface area contributed by atoms with E-state index < -0.39 is 0 Å². The average Bonchev–Trinajstić information content (AvgIpc) is 2.81. The summed E-state index contributed by atoms with van der Waals surface area (Å²) in [7, 11) is 0. The maximum absolute atomic E-state index is 6.23. The number of fused-ring (bicyclic) bond motifs is 1. The van der Waals surface area contributed by atoms with Gasteiger partial charge in [0.2, 0.25) is 0 Å². The number of alkyl halides is 1. The van der Waals surface area contributed by atoms with Gasteiger partial charge in [-0.2, -0.15) is 5.10 Å². The SMILES string of the molecule is Cc1cc2c(NC3(CCl)CCCCC3)nccn2n1. The van der Waals surface area contributed by atoms with Gasteiger partial charge in [-0.3, -0.25) is 0 Å². The van der Waals surface area contributed by atoms with Crippen LogP contribution in [0, 0.1) is 6.92 Å². The summed E-state index contributed by atoms with van der Waals surface area (Å²) in [5.41, 5.74) is 2.02. The zero-order valence-electron chi connectivity index (χ0n) is 11.2. The Balaban J connectivity index is 1.95. The summed E-state index contributed by atoms with van der Waals surface area (Å²) >= 11 is 6.23.